The number of nitrogens with zero attached hydrogens (tertiary/aromatic N) is 1. The van der Waals surface area contributed by atoms with Crippen LogP contribution in [0.1, 0.15) is 36.2 Å². The van der Waals surface area contributed by atoms with Gasteiger partial charge < -0.3 is 11.1 Å². The fraction of sp³-hybridized carbons (Fsp3) is 0.389. The Morgan fingerprint density at radius 2 is 1.81 bits per heavy atom. The van der Waals surface area contributed by atoms with Gasteiger partial charge in [-0.3, -0.25) is 4.79 Å². The number of hydrogen-bond donors (Lipinski definition) is 2. The molecule has 0 aliphatic carbocycles. The monoisotopic (exact) mass is 399 g/mol. The van der Waals surface area contributed by atoms with Crippen molar-refractivity contribution in [3.05, 3.63) is 53.9 Å². The average Bonchev–Trinajstić information content (AvgIpc) is 3.05. The maximum Gasteiger partial charge on any atom is 0.267 e. The molecule has 1 atom stereocenters. The first-order valence-corrected chi connectivity index (χ1v) is 9.69. The lowest BCUT2D eigenvalue weighted by Gasteiger charge is -2.18. The number of carbonyl (C=O) groups is 1. The minimum absolute atomic E-state index is 0. The molecule has 3 N–H and O–H groups in total. The van der Waals surface area contributed by atoms with Gasteiger partial charge in [-0.05, 0) is 37.5 Å². The van der Waals surface area contributed by atoms with Crippen LogP contribution < -0.4 is 11.1 Å². The number of nitrogens with two attached hydrogens (primary N) is 1. The van der Waals surface area contributed by atoms with Gasteiger partial charge >= 0.3 is 0 Å². The molecule has 0 aliphatic heterocycles. The zero-order valence-electron chi connectivity index (χ0n) is 15.2. The van der Waals surface area contributed by atoms with Crippen molar-refractivity contribution in [2.75, 3.05) is 6.54 Å². The van der Waals surface area contributed by atoms with Crippen LogP contribution >= 0.6 is 12.4 Å². The van der Waals surface area contributed by atoms with Crippen LogP contribution in [-0.4, -0.2) is 30.9 Å². The maximum absolute atomic E-state index is 12.6. The van der Waals surface area contributed by atoms with Crippen LogP contribution in [0, 0.1) is 12.8 Å². The molecule has 1 aromatic carbocycles. The number of aryl methyl sites for hydroxylation is 1. The van der Waals surface area contributed by atoms with Crippen LogP contribution in [-0.2, 0) is 10.0 Å². The third kappa shape index (κ3) is 5.33. The van der Waals surface area contributed by atoms with E-state index in [2.05, 4.69) is 19.2 Å². The van der Waals surface area contributed by atoms with E-state index in [9.17, 15) is 13.2 Å². The zero-order chi connectivity index (χ0) is 18.6. The van der Waals surface area contributed by atoms with Gasteiger partial charge in [0.1, 0.15) is 0 Å². The molecular formula is C18H26ClN3O3S. The predicted molar refractivity (Wildman–Crippen MR) is 105 cm³/mol. The highest BCUT2D eigenvalue weighted by molar-refractivity contribution is 7.90. The van der Waals surface area contributed by atoms with Crippen molar-refractivity contribution in [1.82, 2.24) is 9.29 Å². The molecule has 2 aromatic rings. The number of amides is 1. The fourth-order valence-corrected chi connectivity index (χ4v) is 3.74. The predicted octanol–water partition coefficient (Wildman–Crippen LogP) is 2.56. The third-order valence-electron chi connectivity index (χ3n) is 3.90. The summed E-state index contributed by atoms with van der Waals surface area (Å²) in [5, 5.41) is 2.85. The molecule has 26 heavy (non-hydrogen) atoms. The summed E-state index contributed by atoms with van der Waals surface area (Å²) in [6.45, 7) is 6.34. The van der Waals surface area contributed by atoms with Gasteiger partial charge in [-0.1, -0.05) is 31.5 Å². The fourth-order valence-electron chi connectivity index (χ4n) is 2.54. The van der Waals surface area contributed by atoms with E-state index in [0.29, 0.717) is 12.5 Å². The van der Waals surface area contributed by atoms with Gasteiger partial charge in [0.05, 0.1) is 10.5 Å². The summed E-state index contributed by atoms with van der Waals surface area (Å²) in [4.78, 5) is 12.5. The van der Waals surface area contributed by atoms with Crippen LogP contribution in [0.4, 0.5) is 0 Å². The largest absolute Gasteiger partial charge is 0.348 e. The molecule has 1 unspecified atom stereocenters. The Balaban J connectivity index is 0.00000338. The van der Waals surface area contributed by atoms with E-state index >= 15 is 0 Å². The van der Waals surface area contributed by atoms with Gasteiger partial charge in [-0.25, -0.2) is 12.4 Å². The first kappa shape index (κ1) is 22.2. The molecule has 6 nitrogen and oxygen atoms in total. The molecule has 0 saturated carbocycles. The molecule has 0 radical (unpaired) electrons. The van der Waals surface area contributed by atoms with Crippen LogP contribution in [0.2, 0.25) is 0 Å². The van der Waals surface area contributed by atoms with Crippen LogP contribution in [0.25, 0.3) is 0 Å². The van der Waals surface area contributed by atoms with Gasteiger partial charge in [-0.2, -0.15) is 0 Å². The lowest BCUT2D eigenvalue weighted by Crippen LogP contribution is -2.40. The molecule has 8 heteroatoms. The number of hydrogen-bond acceptors (Lipinski definition) is 4. The average molecular weight is 400 g/mol. The maximum atomic E-state index is 12.6. The molecule has 0 bridgehead atoms. The van der Waals surface area contributed by atoms with E-state index in [0.717, 1.165) is 16.0 Å². The Hall–Kier alpha value is -1.83. The molecule has 2 rings (SSSR count). The van der Waals surface area contributed by atoms with E-state index in [1.807, 2.05) is 6.92 Å². The molecule has 1 amide bonds. The Bertz CT molecular complexity index is 830. The summed E-state index contributed by atoms with van der Waals surface area (Å²) in [5.74, 6) is 0.0781. The van der Waals surface area contributed by atoms with Crippen molar-refractivity contribution in [3.63, 3.8) is 0 Å². The van der Waals surface area contributed by atoms with Crippen LogP contribution in [0.3, 0.4) is 0 Å². The number of benzene rings is 1. The summed E-state index contributed by atoms with van der Waals surface area (Å²) in [5.41, 5.74) is 6.96. The minimum atomic E-state index is -3.71. The lowest BCUT2D eigenvalue weighted by molar-refractivity contribution is 0.0934. The summed E-state index contributed by atoms with van der Waals surface area (Å²) in [7, 11) is -3.71. The topological polar surface area (TPSA) is 94.2 Å². The van der Waals surface area contributed by atoms with Crippen molar-refractivity contribution < 1.29 is 13.2 Å². The van der Waals surface area contributed by atoms with E-state index < -0.39 is 10.0 Å². The quantitative estimate of drug-likeness (QED) is 0.748. The Morgan fingerprint density at radius 3 is 2.35 bits per heavy atom. The summed E-state index contributed by atoms with van der Waals surface area (Å²) in [6, 6.07) is 7.94. The Kier molecular flexibility index (Phi) is 7.87. The van der Waals surface area contributed by atoms with Crippen molar-refractivity contribution in [1.29, 1.82) is 0 Å². The molecular weight excluding hydrogens is 374 g/mol. The van der Waals surface area contributed by atoms with Crippen molar-refractivity contribution in [2.45, 2.75) is 38.1 Å². The summed E-state index contributed by atoms with van der Waals surface area (Å²) in [6.07, 6.45) is 3.47. The standard InChI is InChI=1S/C18H25N3O3S.ClH/c1-13(2)10-16(11-19)20-18(22)15-8-9-21(12-15)25(23,24)17-6-4-14(3)5-7-17;/h4-9,12-13,16H,10-11,19H2,1-3H3,(H,20,22);1H. The number of rotatable bonds is 7. The first-order valence-electron chi connectivity index (χ1n) is 8.25. The second-order valence-corrected chi connectivity index (χ2v) is 8.43. The molecule has 1 aromatic heterocycles. The normalized spacial score (nSPS) is 12.5. The van der Waals surface area contributed by atoms with Gasteiger partial charge in [0.15, 0.2) is 0 Å². The lowest BCUT2D eigenvalue weighted by atomic mass is 10.0. The SMILES string of the molecule is Cc1ccc(S(=O)(=O)n2ccc(C(=O)NC(CN)CC(C)C)c2)cc1.Cl. The number of aromatic nitrogens is 1. The minimum Gasteiger partial charge on any atom is -0.348 e. The zero-order valence-corrected chi connectivity index (χ0v) is 16.8. The molecule has 0 spiro atoms. The van der Waals surface area contributed by atoms with Crippen molar-refractivity contribution in [2.24, 2.45) is 11.7 Å². The van der Waals surface area contributed by atoms with Gasteiger partial charge in [0, 0.05) is 25.0 Å². The van der Waals surface area contributed by atoms with E-state index in [1.165, 1.54) is 18.5 Å². The molecule has 1 heterocycles. The highest BCUT2D eigenvalue weighted by atomic mass is 35.5. The highest BCUT2D eigenvalue weighted by Gasteiger charge is 2.20. The molecule has 0 aliphatic rings. The second kappa shape index (κ2) is 9.21. The van der Waals surface area contributed by atoms with Crippen LogP contribution in [0.15, 0.2) is 47.6 Å². The van der Waals surface area contributed by atoms with E-state index in [1.54, 1.807) is 24.3 Å². The number of halogens is 1. The summed E-state index contributed by atoms with van der Waals surface area (Å²) >= 11 is 0. The van der Waals surface area contributed by atoms with Gasteiger partial charge in [0.25, 0.3) is 15.9 Å². The van der Waals surface area contributed by atoms with Gasteiger partial charge in [-0.15, -0.1) is 12.4 Å². The number of carbonyl (C=O) groups excluding carboxylic acids is 1. The Labute approximate surface area is 161 Å². The number of nitrogens with one attached hydrogen (secondary N) is 1. The van der Waals surface area contributed by atoms with E-state index in [-0.39, 0.29) is 34.8 Å². The summed E-state index contributed by atoms with van der Waals surface area (Å²) < 4.78 is 26.3. The first-order chi connectivity index (χ1) is 11.7. The van der Waals surface area contributed by atoms with E-state index in [4.69, 9.17) is 5.73 Å². The highest BCUT2D eigenvalue weighted by Crippen LogP contribution is 2.16. The third-order valence-corrected chi connectivity index (χ3v) is 5.55. The van der Waals surface area contributed by atoms with Crippen molar-refractivity contribution >= 4 is 28.3 Å². The smallest absolute Gasteiger partial charge is 0.267 e. The molecule has 144 valence electrons. The van der Waals surface area contributed by atoms with Crippen molar-refractivity contribution in [3.8, 4) is 0 Å². The van der Waals surface area contributed by atoms with Gasteiger partial charge in [0.2, 0.25) is 0 Å². The van der Waals surface area contributed by atoms with Crippen LogP contribution in [0.5, 0.6) is 0 Å². The Morgan fingerprint density at radius 1 is 1.19 bits per heavy atom. The second-order valence-electron chi connectivity index (χ2n) is 6.58. The molecule has 0 saturated heterocycles. The molecule has 0 fully saturated rings.